The first-order chi connectivity index (χ1) is 9.45. The van der Waals surface area contributed by atoms with Crippen LogP contribution in [-0.2, 0) is 16.7 Å². The second-order valence-electron chi connectivity index (χ2n) is 6.60. The van der Waals surface area contributed by atoms with Gasteiger partial charge in [-0.05, 0) is 13.5 Å². The molecule has 114 valence electrons. The number of nitrogens with zero attached hydrogens (tertiary/aromatic N) is 2. The van der Waals surface area contributed by atoms with Gasteiger partial charge >= 0.3 is 0 Å². The standard InChI is InChI=1S/C15H27N3OS/c1-15(2,3)13-12(8-16-4)20-14(17-13)18-7-6-11(9-18)10-19-5/h11,16H,6-10H2,1-5H3. The lowest BCUT2D eigenvalue weighted by Crippen LogP contribution is -2.21. The van der Waals surface area contributed by atoms with E-state index in [2.05, 4.69) is 31.0 Å². The van der Waals surface area contributed by atoms with Gasteiger partial charge in [0.05, 0.1) is 12.3 Å². The molecular formula is C15H27N3OS. The Kier molecular flexibility index (Phi) is 5.04. The van der Waals surface area contributed by atoms with Crippen LogP contribution >= 0.6 is 11.3 Å². The van der Waals surface area contributed by atoms with Gasteiger partial charge in [0.2, 0.25) is 0 Å². The average Bonchev–Trinajstić information content (AvgIpc) is 2.95. The molecule has 1 aromatic heterocycles. The van der Waals surface area contributed by atoms with E-state index >= 15 is 0 Å². The SMILES string of the molecule is CNCc1sc(N2CCC(COC)C2)nc1C(C)(C)C. The van der Waals surface area contributed by atoms with Crippen LogP contribution in [0.25, 0.3) is 0 Å². The third-order valence-corrected chi connectivity index (χ3v) is 4.81. The molecule has 0 amide bonds. The summed E-state index contributed by atoms with van der Waals surface area (Å²) in [6.45, 7) is 10.7. The van der Waals surface area contributed by atoms with Crippen molar-refractivity contribution >= 4 is 16.5 Å². The molecule has 1 unspecified atom stereocenters. The first kappa shape index (κ1) is 15.7. The summed E-state index contributed by atoms with van der Waals surface area (Å²) < 4.78 is 5.28. The molecule has 1 atom stereocenters. The number of thiazole rings is 1. The Morgan fingerprint density at radius 3 is 2.80 bits per heavy atom. The Balaban J connectivity index is 2.17. The molecule has 0 saturated carbocycles. The summed E-state index contributed by atoms with van der Waals surface area (Å²) in [4.78, 5) is 8.73. The molecule has 1 aliphatic heterocycles. The molecular weight excluding hydrogens is 270 g/mol. The summed E-state index contributed by atoms with van der Waals surface area (Å²) in [6, 6.07) is 0. The first-order valence-corrected chi connectivity index (χ1v) is 8.16. The highest BCUT2D eigenvalue weighted by atomic mass is 32.1. The highest BCUT2D eigenvalue weighted by Gasteiger charge is 2.28. The second-order valence-corrected chi connectivity index (χ2v) is 7.67. The van der Waals surface area contributed by atoms with Gasteiger partial charge in [-0.15, -0.1) is 11.3 Å². The molecule has 0 aromatic carbocycles. The minimum atomic E-state index is 0.104. The quantitative estimate of drug-likeness (QED) is 0.906. The molecule has 0 aliphatic carbocycles. The third kappa shape index (κ3) is 3.51. The fourth-order valence-electron chi connectivity index (χ4n) is 2.72. The normalized spacial score (nSPS) is 19.9. The van der Waals surface area contributed by atoms with Crippen LogP contribution in [0, 0.1) is 5.92 Å². The van der Waals surface area contributed by atoms with Gasteiger partial charge in [-0.2, -0.15) is 0 Å². The van der Waals surface area contributed by atoms with Gasteiger partial charge < -0.3 is 15.0 Å². The molecule has 0 bridgehead atoms. The lowest BCUT2D eigenvalue weighted by atomic mass is 9.91. The Morgan fingerprint density at radius 2 is 2.20 bits per heavy atom. The van der Waals surface area contributed by atoms with Crippen LogP contribution in [-0.4, -0.2) is 38.8 Å². The molecule has 2 rings (SSSR count). The Bertz CT molecular complexity index is 439. The second kappa shape index (κ2) is 6.41. The van der Waals surface area contributed by atoms with Crippen molar-refractivity contribution in [1.82, 2.24) is 10.3 Å². The lowest BCUT2D eigenvalue weighted by Gasteiger charge is -2.18. The molecule has 5 heteroatoms. The Labute approximate surface area is 126 Å². The van der Waals surface area contributed by atoms with E-state index in [0.717, 1.165) is 26.2 Å². The van der Waals surface area contributed by atoms with Crippen molar-refractivity contribution in [2.24, 2.45) is 5.92 Å². The third-order valence-electron chi connectivity index (χ3n) is 3.69. The Morgan fingerprint density at radius 1 is 1.45 bits per heavy atom. The van der Waals surface area contributed by atoms with Crippen molar-refractivity contribution in [3.05, 3.63) is 10.6 Å². The first-order valence-electron chi connectivity index (χ1n) is 7.34. The number of nitrogens with one attached hydrogen (secondary N) is 1. The van der Waals surface area contributed by atoms with E-state index in [1.54, 1.807) is 7.11 Å². The molecule has 1 N–H and O–H groups in total. The molecule has 1 aliphatic rings. The molecule has 1 fully saturated rings. The summed E-state index contributed by atoms with van der Waals surface area (Å²) in [5.41, 5.74) is 1.34. The fraction of sp³-hybridized carbons (Fsp3) is 0.800. The van der Waals surface area contributed by atoms with E-state index in [1.165, 1.54) is 22.1 Å². The van der Waals surface area contributed by atoms with E-state index in [-0.39, 0.29) is 5.41 Å². The van der Waals surface area contributed by atoms with Crippen LogP contribution in [0.2, 0.25) is 0 Å². The summed E-state index contributed by atoms with van der Waals surface area (Å²) >= 11 is 1.84. The summed E-state index contributed by atoms with van der Waals surface area (Å²) in [6.07, 6.45) is 1.21. The van der Waals surface area contributed by atoms with E-state index in [0.29, 0.717) is 5.92 Å². The van der Waals surface area contributed by atoms with Gasteiger partial charge in [0, 0.05) is 43.0 Å². The smallest absolute Gasteiger partial charge is 0.185 e. The van der Waals surface area contributed by atoms with Gasteiger partial charge in [-0.1, -0.05) is 20.8 Å². The lowest BCUT2D eigenvalue weighted by molar-refractivity contribution is 0.161. The highest BCUT2D eigenvalue weighted by Crippen LogP contribution is 2.35. The summed E-state index contributed by atoms with van der Waals surface area (Å²) in [7, 11) is 3.78. The van der Waals surface area contributed by atoms with Crippen molar-refractivity contribution in [3.63, 3.8) is 0 Å². The largest absolute Gasteiger partial charge is 0.384 e. The molecule has 0 radical (unpaired) electrons. The van der Waals surface area contributed by atoms with Crippen molar-refractivity contribution < 1.29 is 4.74 Å². The maximum absolute atomic E-state index is 5.28. The van der Waals surface area contributed by atoms with Crippen molar-refractivity contribution in [2.75, 3.05) is 38.8 Å². The van der Waals surface area contributed by atoms with Crippen LogP contribution in [0.1, 0.15) is 37.8 Å². The van der Waals surface area contributed by atoms with E-state index < -0.39 is 0 Å². The van der Waals surface area contributed by atoms with Crippen molar-refractivity contribution in [3.8, 4) is 0 Å². The predicted octanol–water partition coefficient (Wildman–Crippen LogP) is 2.63. The van der Waals surface area contributed by atoms with Crippen molar-refractivity contribution in [1.29, 1.82) is 0 Å². The molecule has 20 heavy (non-hydrogen) atoms. The number of hydrogen-bond donors (Lipinski definition) is 1. The van der Waals surface area contributed by atoms with Gasteiger partial charge in [0.15, 0.2) is 5.13 Å². The number of ether oxygens (including phenoxy) is 1. The maximum atomic E-state index is 5.28. The number of rotatable bonds is 5. The monoisotopic (exact) mass is 297 g/mol. The summed E-state index contributed by atoms with van der Waals surface area (Å²) in [5, 5.41) is 4.44. The zero-order valence-electron chi connectivity index (χ0n) is 13.3. The topological polar surface area (TPSA) is 37.4 Å². The minimum absolute atomic E-state index is 0.104. The molecule has 1 aromatic rings. The maximum Gasteiger partial charge on any atom is 0.185 e. The zero-order chi connectivity index (χ0) is 14.8. The summed E-state index contributed by atoms with van der Waals surface area (Å²) in [5.74, 6) is 0.648. The van der Waals surface area contributed by atoms with E-state index in [9.17, 15) is 0 Å². The minimum Gasteiger partial charge on any atom is -0.384 e. The van der Waals surface area contributed by atoms with Crippen LogP contribution in [0.4, 0.5) is 5.13 Å². The predicted molar refractivity (Wildman–Crippen MR) is 85.8 cm³/mol. The molecule has 0 spiro atoms. The number of anilines is 1. The average molecular weight is 297 g/mol. The van der Waals surface area contributed by atoms with Crippen LogP contribution in [0.5, 0.6) is 0 Å². The molecule has 2 heterocycles. The molecule has 4 nitrogen and oxygen atoms in total. The van der Waals surface area contributed by atoms with Gasteiger partial charge in [0.25, 0.3) is 0 Å². The van der Waals surface area contributed by atoms with Crippen molar-refractivity contribution in [2.45, 2.75) is 39.2 Å². The fourth-order valence-corrected chi connectivity index (χ4v) is 4.04. The molecule has 1 saturated heterocycles. The Hall–Kier alpha value is -0.650. The van der Waals surface area contributed by atoms with Gasteiger partial charge in [0.1, 0.15) is 0 Å². The zero-order valence-corrected chi connectivity index (χ0v) is 14.1. The number of hydrogen-bond acceptors (Lipinski definition) is 5. The number of methoxy groups -OCH3 is 1. The van der Waals surface area contributed by atoms with Crippen LogP contribution < -0.4 is 10.2 Å². The highest BCUT2D eigenvalue weighted by molar-refractivity contribution is 7.15. The number of aromatic nitrogens is 1. The van der Waals surface area contributed by atoms with Gasteiger partial charge in [-0.3, -0.25) is 0 Å². The van der Waals surface area contributed by atoms with E-state index in [1.807, 2.05) is 18.4 Å². The van der Waals surface area contributed by atoms with Gasteiger partial charge in [-0.25, -0.2) is 4.98 Å². The van der Waals surface area contributed by atoms with Crippen LogP contribution in [0.15, 0.2) is 0 Å². The van der Waals surface area contributed by atoms with E-state index in [4.69, 9.17) is 9.72 Å². The van der Waals surface area contributed by atoms with Crippen LogP contribution in [0.3, 0.4) is 0 Å².